The molecule has 0 spiro atoms. The lowest BCUT2D eigenvalue weighted by Crippen LogP contribution is -2.46. The second-order valence-corrected chi connectivity index (χ2v) is 8.24. The highest BCUT2D eigenvalue weighted by molar-refractivity contribution is 7.91. The lowest BCUT2D eigenvalue weighted by Gasteiger charge is -2.24. The molecule has 0 fully saturated rings. The highest BCUT2D eigenvalue weighted by Gasteiger charge is 2.32. The van der Waals surface area contributed by atoms with Gasteiger partial charge in [0.15, 0.2) is 9.84 Å². The molecule has 22 heavy (non-hydrogen) atoms. The van der Waals surface area contributed by atoms with Gasteiger partial charge in [0, 0.05) is 19.0 Å². The lowest BCUT2D eigenvalue weighted by molar-refractivity contribution is 0.457. The molecule has 1 aromatic heterocycles. The van der Waals surface area contributed by atoms with Crippen LogP contribution in [0.4, 0.5) is 0 Å². The summed E-state index contributed by atoms with van der Waals surface area (Å²) in [6.07, 6.45) is 1.71. The van der Waals surface area contributed by atoms with E-state index in [9.17, 15) is 18.0 Å². The first-order valence-corrected chi connectivity index (χ1v) is 9.66. The predicted octanol–water partition coefficient (Wildman–Crippen LogP) is 1.33. The van der Waals surface area contributed by atoms with Crippen LogP contribution in [-0.4, -0.2) is 29.2 Å². The van der Waals surface area contributed by atoms with E-state index in [2.05, 4.69) is 0 Å². The molecule has 0 radical (unpaired) electrons. The molecule has 1 aliphatic heterocycles. The largest absolute Gasteiger partial charge is 0.331 e. The van der Waals surface area contributed by atoms with Gasteiger partial charge in [-0.25, -0.2) is 13.2 Å². The maximum Gasteiger partial charge on any atom is 0.331 e. The molecule has 2 rings (SSSR count). The monoisotopic (exact) mass is 348 g/mol. The van der Waals surface area contributed by atoms with Crippen LogP contribution in [-0.2, 0) is 22.9 Å². The fraction of sp³-hybridized carbons (Fsp3) is 0.714. The zero-order valence-corrected chi connectivity index (χ0v) is 14.4. The average Bonchev–Trinajstić information content (AvgIpc) is 2.43. The van der Waals surface area contributed by atoms with Crippen molar-refractivity contribution in [3.05, 3.63) is 26.4 Å². The van der Waals surface area contributed by atoms with Gasteiger partial charge in [-0.05, 0) is 25.2 Å². The number of unbranched alkanes of at least 4 members (excludes halogenated alkanes) is 1. The van der Waals surface area contributed by atoms with Crippen molar-refractivity contribution in [1.82, 2.24) is 9.13 Å². The predicted molar refractivity (Wildman–Crippen MR) is 85.7 cm³/mol. The molecule has 0 saturated carbocycles. The highest BCUT2D eigenvalue weighted by atomic mass is 35.5. The van der Waals surface area contributed by atoms with Crippen LogP contribution in [0, 0.1) is 0 Å². The van der Waals surface area contributed by atoms with Gasteiger partial charge in [0.05, 0.1) is 11.3 Å². The van der Waals surface area contributed by atoms with Crippen molar-refractivity contribution in [3.8, 4) is 0 Å². The van der Waals surface area contributed by atoms with Crippen molar-refractivity contribution in [2.75, 3.05) is 11.6 Å². The molecule has 0 unspecified atom stereocenters. The van der Waals surface area contributed by atoms with Crippen LogP contribution < -0.4 is 11.2 Å². The SMILES string of the molecule is CC(C)c1c2n(c(=O)n(CCCCCl)c1=O)CCCS2(=O)=O. The van der Waals surface area contributed by atoms with E-state index < -0.39 is 21.1 Å². The highest BCUT2D eigenvalue weighted by Crippen LogP contribution is 2.24. The Balaban J connectivity index is 2.74. The second-order valence-electron chi connectivity index (χ2n) is 5.83. The zero-order valence-electron chi connectivity index (χ0n) is 12.8. The number of rotatable bonds is 5. The van der Waals surface area contributed by atoms with Gasteiger partial charge in [-0.3, -0.25) is 13.9 Å². The first-order valence-electron chi connectivity index (χ1n) is 7.47. The second kappa shape index (κ2) is 6.58. The van der Waals surface area contributed by atoms with Crippen LogP contribution in [0.15, 0.2) is 14.6 Å². The first-order chi connectivity index (χ1) is 10.3. The van der Waals surface area contributed by atoms with E-state index in [1.165, 1.54) is 4.57 Å². The Morgan fingerprint density at radius 2 is 1.91 bits per heavy atom. The maximum atomic E-state index is 12.6. The van der Waals surface area contributed by atoms with E-state index in [4.69, 9.17) is 11.6 Å². The Kier molecular flexibility index (Phi) is 5.17. The van der Waals surface area contributed by atoms with Crippen LogP contribution in [0.25, 0.3) is 0 Å². The molecular weight excluding hydrogens is 328 g/mol. The summed E-state index contributed by atoms with van der Waals surface area (Å²) in [6, 6.07) is 0. The van der Waals surface area contributed by atoms with Gasteiger partial charge >= 0.3 is 5.69 Å². The number of hydrogen-bond acceptors (Lipinski definition) is 4. The molecule has 124 valence electrons. The molecule has 0 atom stereocenters. The van der Waals surface area contributed by atoms with Crippen molar-refractivity contribution >= 4 is 21.4 Å². The Morgan fingerprint density at radius 3 is 2.50 bits per heavy atom. The third-order valence-electron chi connectivity index (χ3n) is 3.85. The lowest BCUT2D eigenvalue weighted by atomic mass is 10.1. The minimum atomic E-state index is -3.58. The Morgan fingerprint density at radius 1 is 1.23 bits per heavy atom. The Hall–Kier alpha value is -1.08. The number of alkyl halides is 1. The number of halogens is 1. The summed E-state index contributed by atoms with van der Waals surface area (Å²) in [5.41, 5.74) is -0.779. The quantitative estimate of drug-likeness (QED) is 0.457. The average molecular weight is 349 g/mol. The van der Waals surface area contributed by atoms with Crippen LogP contribution >= 0.6 is 11.6 Å². The molecule has 2 heterocycles. The van der Waals surface area contributed by atoms with Gasteiger partial charge < -0.3 is 0 Å². The minimum absolute atomic E-state index is 0.0120. The van der Waals surface area contributed by atoms with Gasteiger partial charge in [-0.15, -0.1) is 11.6 Å². The summed E-state index contributed by atoms with van der Waals surface area (Å²) in [5, 5.41) is -0.0719. The smallest absolute Gasteiger partial charge is 0.283 e. The number of aromatic nitrogens is 2. The summed E-state index contributed by atoms with van der Waals surface area (Å²) in [5.74, 6) is 0.190. The third-order valence-corrected chi connectivity index (χ3v) is 5.97. The zero-order chi connectivity index (χ0) is 16.5. The first kappa shape index (κ1) is 17.3. The molecule has 1 aromatic rings. The van der Waals surface area contributed by atoms with Crippen molar-refractivity contribution < 1.29 is 8.42 Å². The fourth-order valence-corrected chi connectivity index (χ4v) is 4.85. The molecule has 1 aliphatic rings. The minimum Gasteiger partial charge on any atom is -0.283 e. The number of sulfone groups is 1. The molecule has 0 aliphatic carbocycles. The van der Waals surface area contributed by atoms with E-state index in [0.717, 1.165) is 4.57 Å². The summed E-state index contributed by atoms with van der Waals surface area (Å²) in [7, 11) is -3.58. The topological polar surface area (TPSA) is 78.1 Å². The van der Waals surface area contributed by atoms with Crippen molar-refractivity contribution in [3.63, 3.8) is 0 Å². The summed E-state index contributed by atoms with van der Waals surface area (Å²) in [6.45, 7) is 4.15. The number of fused-ring (bicyclic) bond motifs is 1. The van der Waals surface area contributed by atoms with Crippen molar-refractivity contribution in [2.45, 2.75) is 57.1 Å². The van der Waals surface area contributed by atoms with Crippen molar-refractivity contribution in [2.24, 2.45) is 0 Å². The Labute approximate surface area is 134 Å². The van der Waals surface area contributed by atoms with E-state index in [1.807, 2.05) is 0 Å². The van der Waals surface area contributed by atoms with Crippen molar-refractivity contribution in [1.29, 1.82) is 0 Å². The van der Waals surface area contributed by atoms with Gasteiger partial charge in [0.2, 0.25) is 0 Å². The van der Waals surface area contributed by atoms with E-state index >= 15 is 0 Å². The molecule has 0 bridgehead atoms. The maximum absolute atomic E-state index is 12.6. The van der Waals surface area contributed by atoms with Gasteiger partial charge in [-0.2, -0.15) is 0 Å². The van der Waals surface area contributed by atoms with Crippen LogP contribution in [0.1, 0.15) is 44.6 Å². The van der Waals surface area contributed by atoms with Gasteiger partial charge in [0.1, 0.15) is 5.03 Å². The molecular formula is C14H21ClN2O4S. The molecule has 0 amide bonds. The molecule has 6 nitrogen and oxygen atoms in total. The van der Waals surface area contributed by atoms with Crippen LogP contribution in [0.3, 0.4) is 0 Å². The van der Waals surface area contributed by atoms with Gasteiger partial charge in [0.25, 0.3) is 5.56 Å². The van der Waals surface area contributed by atoms with Gasteiger partial charge in [-0.1, -0.05) is 13.8 Å². The summed E-state index contributed by atoms with van der Waals surface area (Å²) >= 11 is 5.63. The van der Waals surface area contributed by atoms with Crippen LogP contribution in [0.2, 0.25) is 0 Å². The molecule has 8 heteroatoms. The fourth-order valence-electron chi connectivity index (χ4n) is 2.80. The number of nitrogens with zero attached hydrogens (tertiary/aromatic N) is 2. The van der Waals surface area contributed by atoms with E-state index in [0.29, 0.717) is 31.7 Å². The van der Waals surface area contributed by atoms with Crippen LogP contribution in [0.5, 0.6) is 0 Å². The summed E-state index contributed by atoms with van der Waals surface area (Å²) in [4.78, 5) is 25.2. The van der Waals surface area contributed by atoms with E-state index in [-0.39, 0.29) is 28.8 Å². The number of hydrogen-bond donors (Lipinski definition) is 0. The molecule has 0 N–H and O–H groups in total. The molecule has 0 saturated heterocycles. The summed E-state index contributed by atoms with van der Waals surface area (Å²) < 4.78 is 27.1. The Bertz CT molecular complexity index is 777. The third kappa shape index (κ3) is 3.01. The standard InChI is InChI=1S/C14H21ClN2O4S/c1-10(2)11-12(18)16(7-4-3-6-15)14(19)17-8-5-9-22(20,21)13(11)17/h10H,3-9H2,1-2H3. The molecule has 0 aromatic carbocycles. The van der Waals surface area contributed by atoms with E-state index in [1.54, 1.807) is 13.8 Å². The normalized spacial score (nSPS) is 16.7.